The Morgan fingerprint density at radius 1 is 0.667 bits per heavy atom. The minimum Gasteiger partial charge on any atom is -0.398 e. The van der Waals surface area contributed by atoms with Crippen LogP contribution in [0.3, 0.4) is 0 Å². The van der Waals surface area contributed by atoms with E-state index in [1.807, 2.05) is 60.7 Å². The number of benzene rings is 4. The molecule has 0 aromatic heterocycles. The van der Waals surface area contributed by atoms with E-state index in [2.05, 4.69) is 50.2 Å². The summed E-state index contributed by atoms with van der Waals surface area (Å²) in [5.41, 5.74) is -0.915. The van der Waals surface area contributed by atoms with Crippen LogP contribution in [0.15, 0.2) is 126 Å². The van der Waals surface area contributed by atoms with E-state index >= 15 is 0 Å². The first kappa shape index (κ1) is 24.7. The summed E-state index contributed by atoms with van der Waals surface area (Å²) in [6.07, 6.45) is -0.959. The summed E-state index contributed by atoms with van der Waals surface area (Å²) in [4.78, 5) is 0.276. The topological polar surface area (TPSA) is 55.9 Å². The molecule has 4 nitrogen and oxygen atoms in total. The molecule has 4 aromatic carbocycles. The van der Waals surface area contributed by atoms with E-state index in [1.54, 1.807) is 24.3 Å². The zero-order valence-electron chi connectivity index (χ0n) is 20.4. The van der Waals surface area contributed by atoms with Crippen LogP contribution in [0.5, 0.6) is 0 Å². The van der Waals surface area contributed by atoms with E-state index in [4.69, 9.17) is 9.16 Å². The van der Waals surface area contributed by atoms with Crippen molar-refractivity contribution < 1.29 is 17.6 Å². The largest absolute Gasteiger partial charge is 0.398 e. The quantitative estimate of drug-likeness (QED) is 0.193. The van der Waals surface area contributed by atoms with Gasteiger partial charge in [-0.2, -0.15) is 0 Å². The van der Waals surface area contributed by atoms with Gasteiger partial charge in [0.05, 0.1) is 11.0 Å². The van der Waals surface area contributed by atoms with Gasteiger partial charge >= 0.3 is 0 Å². The standard InChI is InChI=1S/C30H30O4SSi/c1-23(2)28(29-30(33-29)35(31,32)24-15-7-3-8-16-24)34-36(25-17-9-4-10-18-25,26-19-11-5-12-20-26)27-21-13-6-14-22-27/h3-23,28-30H,1-2H3/t28-,29+,30+/m0/s1. The maximum atomic E-state index is 13.3. The van der Waals surface area contributed by atoms with Crippen molar-refractivity contribution in [2.45, 2.75) is 36.4 Å². The molecule has 0 N–H and O–H groups in total. The Bertz CT molecular complexity index is 1280. The molecule has 0 saturated carbocycles. The third kappa shape index (κ3) is 4.57. The molecule has 1 aliphatic rings. The summed E-state index contributed by atoms with van der Waals surface area (Å²) in [7, 11) is -6.65. The Kier molecular flexibility index (Phi) is 6.95. The molecule has 5 rings (SSSR count). The first-order chi connectivity index (χ1) is 17.4. The second kappa shape index (κ2) is 10.1. The maximum Gasteiger partial charge on any atom is 0.288 e. The monoisotopic (exact) mass is 514 g/mol. The smallest absolute Gasteiger partial charge is 0.288 e. The number of epoxide rings is 1. The van der Waals surface area contributed by atoms with Crippen molar-refractivity contribution in [3.8, 4) is 0 Å². The molecular weight excluding hydrogens is 484 g/mol. The van der Waals surface area contributed by atoms with Gasteiger partial charge in [-0.15, -0.1) is 0 Å². The highest BCUT2D eigenvalue weighted by Crippen LogP contribution is 2.39. The third-order valence-electron chi connectivity index (χ3n) is 6.70. The fourth-order valence-electron chi connectivity index (χ4n) is 4.85. The third-order valence-corrected chi connectivity index (χ3v) is 12.7. The van der Waals surface area contributed by atoms with Crippen LogP contribution < -0.4 is 15.6 Å². The van der Waals surface area contributed by atoms with Crippen molar-refractivity contribution in [3.05, 3.63) is 121 Å². The Hall–Kier alpha value is -3.03. The highest BCUT2D eigenvalue weighted by Gasteiger charge is 2.57. The zero-order chi connectivity index (χ0) is 25.2. The number of rotatable bonds is 9. The molecule has 0 spiro atoms. The highest BCUT2D eigenvalue weighted by molar-refractivity contribution is 7.92. The molecule has 1 aliphatic heterocycles. The lowest BCUT2D eigenvalue weighted by molar-refractivity contribution is 0.115. The first-order valence-electron chi connectivity index (χ1n) is 12.2. The summed E-state index contributed by atoms with van der Waals surface area (Å²) < 4.78 is 39.9. The summed E-state index contributed by atoms with van der Waals surface area (Å²) in [6.45, 7) is 4.14. The SMILES string of the molecule is CC(C)[C@H](O[Si](c1ccccc1)(c1ccccc1)c1ccccc1)[C@H]1O[C@@H]1S(=O)(=O)c1ccccc1. The van der Waals surface area contributed by atoms with Crippen LogP contribution in [0.1, 0.15) is 13.8 Å². The fraction of sp³-hybridized carbons (Fsp3) is 0.200. The van der Waals surface area contributed by atoms with Crippen LogP contribution in [0, 0.1) is 5.92 Å². The molecule has 1 saturated heterocycles. The zero-order valence-corrected chi connectivity index (χ0v) is 22.2. The second-order valence-electron chi connectivity index (χ2n) is 9.43. The normalized spacial score (nSPS) is 18.6. The van der Waals surface area contributed by atoms with Crippen molar-refractivity contribution in [2.75, 3.05) is 0 Å². The molecule has 184 valence electrons. The van der Waals surface area contributed by atoms with Gasteiger partial charge in [0.2, 0.25) is 9.84 Å². The Balaban J connectivity index is 1.61. The molecule has 1 fully saturated rings. The Morgan fingerprint density at radius 2 is 1.06 bits per heavy atom. The van der Waals surface area contributed by atoms with E-state index in [0.717, 1.165) is 15.6 Å². The number of ether oxygens (including phenoxy) is 1. The van der Waals surface area contributed by atoms with Crippen molar-refractivity contribution in [1.29, 1.82) is 0 Å². The highest BCUT2D eigenvalue weighted by atomic mass is 32.2. The molecule has 3 atom stereocenters. The molecule has 4 aromatic rings. The van der Waals surface area contributed by atoms with E-state index in [0.29, 0.717) is 0 Å². The minimum atomic E-state index is -3.63. The number of hydrogen-bond acceptors (Lipinski definition) is 4. The predicted octanol–water partition coefficient (Wildman–Crippen LogP) is 3.89. The minimum absolute atomic E-state index is 0.0361. The second-order valence-corrected chi connectivity index (χ2v) is 14.8. The van der Waals surface area contributed by atoms with Crippen LogP contribution in [-0.4, -0.2) is 34.4 Å². The lowest BCUT2D eigenvalue weighted by Gasteiger charge is -2.37. The molecule has 0 aliphatic carbocycles. The Labute approximate surface area is 214 Å². The molecule has 36 heavy (non-hydrogen) atoms. The van der Waals surface area contributed by atoms with Crippen LogP contribution >= 0.6 is 0 Å². The van der Waals surface area contributed by atoms with Crippen LogP contribution in [0.2, 0.25) is 0 Å². The van der Waals surface area contributed by atoms with Gasteiger partial charge in [0, 0.05) is 0 Å². The summed E-state index contributed by atoms with van der Waals surface area (Å²) >= 11 is 0. The maximum absolute atomic E-state index is 13.3. The fourth-order valence-corrected chi connectivity index (χ4v) is 10.6. The average Bonchev–Trinajstić information content (AvgIpc) is 3.73. The van der Waals surface area contributed by atoms with Gasteiger partial charge in [-0.05, 0) is 33.6 Å². The number of sulfone groups is 1. The first-order valence-corrected chi connectivity index (χ1v) is 15.7. The molecule has 0 radical (unpaired) electrons. The van der Waals surface area contributed by atoms with Crippen LogP contribution in [0.25, 0.3) is 0 Å². The summed E-state index contributed by atoms with van der Waals surface area (Å²) in [5, 5.41) is 3.32. The van der Waals surface area contributed by atoms with Crippen LogP contribution in [0.4, 0.5) is 0 Å². The van der Waals surface area contributed by atoms with Gasteiger partial charge in [-0.25, -0.2) is 8.42 Å². The molecule has 0 unspecified atom stereocenters. The van der Waals surface area contributed by atoms with E-state index in [9.17, 15) is 8.42 Å². The van der Waals surface area contributed by atoms with Gasteiger partial charge in [0.1, 0.15) is 6.10 Å². The van der Waals surface area contributed by atoms with Crippen molar-refractivity contribution in [1.82, 2.24) is 0 Å². The summed E-state index contributed by atoms with van der Waals surface area (Å²) in [5.74, 6) is 0.0361. The lowest BCUT2D eigenvalue weighted by Crippen LogP contribution is -2.71. The van der Waals surface area contributed by atoms with Gasteiger partial charge in [0.15, 0.2) is 5.44 Å². The van der Waals surface area contributed by atoms with Crippen molar-refractivity contribution in [3.63, 3.8) is 0 Å². The summed E-state index contributed by atoms with van der Waals surface area (Å²) in [6, 6.07) is 39.5. The van der Waals surface area contributed by atoms with E-state index in [1.165, 1.54) is 0 Å². The van der Waals surface area contributed by atoms with Gasteiger partial charge in [-0.3, -0.25) is 0 Å². The van der Waals surface area contributed by atoms with Gasteiger partial charge in [-0.1, -0.05) is 123 Å². The van der Waals surface area contributed by atoms with Crippen molar-refractivity contribution >= 4 is 33.7 Å². The Morgan fingerprint density at radius 3 is 1.44 bits per heavy atom. The van der Waals surface area contributed by atoms with E-state index < -0.39 is 35.8 Å². The van der Waals surface area contributed by atoms with Gasteiger partial charge in [0.25, 0.3) is 8.32 Å². The van der Waals surface area contributed by atoms with Crippen molar-refractivity contribution in [2.24, 2.45) is 5.92 Å². The lowest BCUT2D eigenvalue weighted by atomic mass is 10.1. The molecule has 0 bridgehead atoms. The number of hydrogen-bond donors (Lipinski definition) is 0. The van der Waals surface area contributed by atoms with Gasteiger partial charge < -0.3 is 9.16 Å². The molecule has 6 heteroatoms. The molecule has 0 amide bonds. The van der Waals surface area contributed by atoms with Crippen LogP contribution in [-0.2, 0) is 19.0 Å². The molecular formula is C30H30O4SSi. The van der Waals surface area contributed by atoms with E-state index in [-0.39, 0.29) is 10.8 Å². The average molecular weight is 515 g/mol. The predicted molar refractivity (Wildman–Crippen MR) is 146 cm³/mol. The molecule has 1 heterocycles.